The Morgan fingerprint density at radius 2 is 1.76 bits per heavy atom. The molecule has 4 rings (SSSR count). The van der Waals surface area contributed by atoms with Crippen LogP contribution < -0.4 is 10.2 Å². The number of rotatable bonds is 4. The summed E-state index contributed by atoms with van der Waals surface area (Å²) in [5.74, 6) is 0.794. The molecule has 2 aromatic heterocycles. The fourth-order valence-corrected chi connectivity index (χ4v) is 3.72. The normalized spacial score (nSPS) is 14.3. The van der Waals surface area contributed by atoms with Crippen molar-refractivity contribution < 1.29 is 18.0 Å². The van der Waals surface area contributed by atoms with Crippen molar-refractivity contribution in [2.45, 2.75) is 20.0 Å². The van der Waals surface area contributed by atoms with Crippen molar-refractivity contribution >= 4 is 23.4 Å². The molecule has 3 heterocycles. The third-order valence-electron chi connectivity index (χ3n) is 5.41. The number of benzene rings is 1. The average molecular weight is 456 g/mol. The Hall–Kier alpha value is -3.69. The van der Waals surface area contributed by atoms with Gasteiger partial charge in [-0.25, -0.2) is 15.0 Å². The van der Waals surface area contributed by atoms with Crippen molar-refractivity contribution in [3.63, 3.8) is 0 Å². The molecule has 3 aromatic rings. The molecular formula is C23H23F3N6O. The van der Waals surface area contributed by atoms with Crippen molar-refractivity contribution in [2.24, 2.45) is 0 Å². The fraction of sp³-hybridized carbons (Fsp3) is 0.304. The van der Waals surface area contributed by atoms with Gasteiger partial charge in [0.1, 0.15) is 11.5 Å². The van der Waals surface area contributed by atoms with Crippen LogP contribution in [-0.2, 0) is 11.0 Å². The zero-order valence-electron chi connectivity index (χ0n) is 18.2. The highest BCUT2D eigenvalue weighted by molar-refractivity contribution is 5.74. The Morgan fingerprint density at radius 3 is 2.39 bits per heavy atom. The summed E-state index contributed by atoms with van der Waals surface area (Å²) in [7, 11) is 0. The first-order valence-corrected chi connectivity index (χ1v) is 10.4. The molecule has 172 valence electrons. The summed E-state index contributed by atoms with van der Waals surface area (Å²) in [6, 6.07) is 10.3. The van der Waals surface area contributed by atoms with Gasteiger partial charge in [-0.05, 0) is 48.4 Å². The number of nitrogens with zero attached hydrogens (tertiary/aromatic N) is 5. The maximum absolute atomic E-state index is 12.9. The Morgan fingerprint density at radius 1 is 1.00 bits per heavy atom. The molecule has 0 bridgehead atoms. The van der Waals surface area contributed by atoms with Gasteiger partial charge in [-0.2, -0.15) is 13.2 Å². The second kappa shape index (κ2) is 9.05. The van der Waals surface area contributed by atoms with Crippen LogP contribution in [0.15, 0.2) is 48.8 Å². The lowest BCUT2D eigenvalue weighted by Gasteiger charge is -2.34. The van der Waals surface area contributed by atoms with Crippen LogP contribution in [0.25, 0.3) is 11.1 Å². The molecule has 1 aromatic carbocycles. The van der Waals surface area contributed by atoms with Gasteiger partial charge in [0.25, 0.3) is 0 Å². The Bertz CT molecular complexity index is 1140. The number of nitrogens with one attached hydrogen (secondary N) is 1. The molecule has 1 aliphatic rings. The van der Waals surface area contributed by atoms with E-state index in [2.05, 4.69) is 25.2 Å². The van der Waals surface area contributed by atoms with Gasteiger partial charge in [0.05, 0.1) is 0 Å². The van der Waals surface area contributed by atoms with Crippen LogP contribution in [-0.4, -0.2) is 51.9 Å². The minimum Gasteiger partial charge on any atom is -0.353 e. The lowest BCUT2D eigenvalue weighted by atomic mass is 10.0. The van der Waals surface area contributed by atoms with E-state index >= 15 is 0 Å². The maximum Gasteiger partial charge on any atom is 0.433 e. The van der Waals surface area contributed by atoms with E-state index in [1.807, 2.05) is 42.2 Å². The number of halogens is 3. The minimum atomic E-state index is -4.54. The standard InChI is InChI=1S/C23H23F3N6O/c1-15-11-18(13-19(12-15)29-22-27-6-5-20(30-22)23(24,25)26)17-3-4-21(28-14-17)32-9-7-31(8-10-32)16(2)33/h3-6,11-14H,7-10H2,1-2H3,(H,27,29,30). The summed E-state index contributed by atoms with van der Waals surface area (Å²) in [5, 5.41) is 2.86. The summed E-state index contributed by atoms with van der Waals surface area (Å²) in [6.07, 6.45) is -1.69. The first-order valence-electron chi connectivity index (χ1n) is 10.4. The van der Waals surface area contributed by atoms with Gasteiger partial charge in [-0.15, -0.1) is 0 Å². The second-order valence-electron chi connectivity index (χ2n) is 7.87. The van der Waals surface area contributed by atoms with Gasteiger partial charge in [0, 0.05) is 56.7 Å². The lowest BCUT2D eigenvalue weighted by Crippen LogP contribution is -2.48. The predicted octanol–water partition coefficient (Wildman–Crippen LogP) is 4.28. The number of piperazine rings is 1. The third kappa shape index (κ3) is 5.39. The van der Waals surface area contributed by atoms with Crippen molar-refractivity contribution in [1.29, 1.82) is 0 Å². The van der Waals surface area contributed by atoms with Crippen LogP contribution in [0.4, 0.5) is 30.6 Å². The van der Waals surface area contributed by atoms with Crippen LogP contribution in [0, 0.1) is 6.92 Å². The van der Waals surface area contributed by atoms with Crippen molar-refractivity contribution in [3.05, 3.63) is 60.0 Å². The van der Waals surface area contributed by atoms with E-state index in [0.29, 0.717) is 18.8 Å². The summed E-state index contributed by atoms with van der Waals surface area (Å²) in [4.78, 5) is 27.5. The highest BCUT2D eigenvalue weighted by Gasteiger charge is 2.32. The molecule has 1 N–H and O–H groups in total. The minimum absolute atomic E-state index is 0.0809. The zero-order valence-corrected chi connectivity index (χ0v) is 18.2. The largest absolute Gasteiger partial charge is 0.433 e. The molecule has 1 saturated heterocycles. The van der Waals surface area contributed by atoms with Gasteiger partial charge < -0.3 is 15.1 Å². The molecule has 1 amide bonds. The smallest absolute Gasteiger partial charge is 0.353 e. The number of anilines is 3. The van der Waals surface area contributed by atoms with Crippen LogP contribution in [0.2, 0.25) is 0 Å². The van der Waals surface area contributed by atoms with Crippen molar-refractivity contribution in [2.75, 3.05) is 36.4 Å². The van der Waals surface area contributed by atoms with Crippen LogP contribution in [0.5, 0.6) is 0 Å². The SMILES string of the molecule is CC(=O)N1CCN(c2ccc(-c3cc(C)cc(Nc4nccc(C(F)(F)F)n4)c3)cn2)CC1. The van der Waals surface area contributed by atoms with E-state index in [-0.39, 0.29) is 11.9 Å². The molecule has 33 heavy (non-hydrogen) atoms. The third-order valence-corrected chi connectivity index (χ3v) is 5.41. The number of aryl methyl sites for hydroxylation is 1. The first kappa shape index (κ1) is 22.5. The summed E-state index contributed by atoms with van der Waals surface area (Å²) in [5.41, 5.74) is 2.24. The van der Waals surface area contributed by atoms with E-state index < -0.39 is 11.9 Å². The van der Waals surface area contributed by atoms with Gasteiger partial charge in [-0.3, -0.25) is 4.79 Å². The monoisotopic (exact) mass is 456 g/mol. The predicted molar refractivity (Wildman–Crippen MR) is 119 cm³/mol. The van der Waals surface area contributed by atoms with Crippen LogP contribution in [0.1, 0.15) is 18.2 Å². The Kier molecular flexibility index (Phi) is 6.17. The Balaban J connectivity index is 1.51. The number of hydrogen-bond acceptors (Lipinski definition) is 6. The molecule has 1 aliphatic heterocycles. The lowest BCUT2D eigenvalue weighted by molar-refractivity contribution is -0.141. The fourth-order valence-electron chi connectivity index (χ4n) is 3.72. The summed E-state index contributed by atoms with van der Waals surface area (Å²) >= 11 is 0. The van der Waals surface area contributed by atoms with E-state index in [1.165, 1.54) is 0 Å². The number of alkyl halides is 3. The van der Waals surface area contributed by atoms with E-state index in [9.17, 15) is 18.0 Å². The van der Waals surface area contributed by atoms with Gasteiger partial charge in [0.2, 0.25) is 11.9 Å². The van der Waals surface area contributed by atoms with Crippen LogP contribution >= 0.6 is 0 Å². The molecular weight excluding hydrogens is 433 g/mol. The maximum atomic E-state index is 12.9. The number of carbonyl (C=O) groups excluding carboxylic acids is 1. The second-order valence-corrected chi connectivity index (χ2v) is 7.87. The number of amides is 1. The van der Waals surface area contributed by atoms with Crippen LogP contribution in [0.3, 0.4) is 0 Å². The summed E-state index contributed by atoms with van der Waals surface area (Å²) in [6.45, 7) is 6.26. The highest BCUT2D eigenvalue weighted by atomic mass is 19.4. The zero-order chi connectivity index (χ0) is 23.6. The van der Waals surface area contributed by atoms with E-state index in [1.54, 1.807) is 13.1 Å². The molecule has 0 atom stereocenters. The average Bonchev–Trinajstić information content (AvgIpc) is 2.78. The van der Waals surface area contributed by atoms with E-state index in [4.69, 9.17) is 0 Å². The Labute approximate surface area is 189 Å². The van der Waals surface area contributed by atoms with Crippen molar-refractivity contribution in [1.82, 2.24) is 19.9 Å². The number of pyridine rings is 1. The van der Waals surface area contributed by atoms with Gasteiger partial charge in [-0.1, -0.05) is 6.07 Å². The molecule has 7 nitrogen and oxygen atoms in total. The molecule has 0 spiro atoms. The molecule has 0 radical (unpaired) electrons. The number of hydrogen-bond donors (Lipinski definition) is 1. The van der Waals surface area contributed by atoms with Gasteiger partial charge in [0.15, 0.2) is 0 Å². The highest BCUT2D eigenvalue weighted by Crippen LogP contribution is 2.30. The molecule has 0 unspecified atom stereocenters. The first-order chi connectivity index (χ1) is 15.7. The topological polar surface area (TPSA) is 74.2 Å². The molecule has 10 heteroatoms. The molecule has 0 saturated carbocycles. The number of carbonyl (C=O) groups is 1. The van der Waals surface area contributed by atoms with E-state index in [0.717, 1.165) is 47.9 Å². The number of aromatic nitrogens is 3. The van der Waals surface area contributed by atoms with Gasteiger partial charge >= 0.3 is 6.18 Å². The van der Waals surface area contributed by atoms with Crippen molar-refractivity contribution in [3.8, 4) is 11.1 Å². The summed E-state index contributed by atoms with van der Waals surface area (Å²) < 4.78 is 38.8. The molecule has 1 fully saturated rings. The molecule has 0 aliphatic carbocycles. The quantitative estimate of drug-likeness (QED) is 0.632.